The largest absolute Gasteiger partial charge is 0.444 e. The number of hydrogen-bond donors (Lipinski definition) is 1. The lowest BCUT2D eigenvalue weighted by Crippen LogP contribution is -2.52. The first-order chi connectivity index (χ1) is 10.00. The lowest BCUT2D eigenvalue weighted by Gasteiger charge is -2.42. The Hall–Kier alpha value is -0.580. The number of carbonyl (C=O) groups excluding carboxylic acids is 1. The molecule has 0 aliphatic carbocycles. The van der Waals surface area contributed by atoms with E-state index in [0.29, 0.717) is 6.61 Å². The Labute approximate surface area is 133 Å². The number of rotatable bonds is 4. The topological polar surface area (TPSA) is 73.9 Å². The molecular formula is C15H30NO5P. The average Bonchev–Trinajstić information content (AvgIpc) is 2.32. The fourth-order valence-corrected chi connectivity index (χ4v) is 5.16. The van der Waals surface area contributed by atoms with Crippen molar-refractivity contribution in [2.45, 2.75) is 65.8 Å². The molecule has 1 fully saturated rings. The van der Waals surface area contributed by atoms with Crippen LogP contribution in [0.1, 0.15) is 48.5 Å². The molecule has 4 atom stereocenters. The number of alkyl carbamates (subject to hydrolysis) is 1. The third kappa shape index (κ3) is 4.97. The van der Waals surface area contributed by atoms with Gasteiger partial charge in [-0.2, -0.15) is 0 Å². The Morgan fingerprint density at radius 3 is 2.45 bits per heavy atom. The lowest BCUT2D eigenvalue weighted by atomic mass is 9.86. The zero-order chi connectivity index (χ0) is 17.1. The highest BCUT2D eigenvalue weighted by molar-refractivity contribution is 7.54. The highest BCUT2D eigenvalue weighted by Crippen LogP contribution is 2.59. The van der Waals surface area contributed by atoms with Gasteiger partial charge >= 0.3 is 13.7 Å². The van der Waals surface area contributed by atoms with Gasteiger partial charge in [0.1, 0.15) is 5.60 Å². The molecule has 1 aliphatic rings. The molecule has 6 nitrogen and oxygen atoms in total. The maximum atomic E-state index is 12.8. The van der Waals surface area contributed by atoms with E-state index in [0.717, 1.165) is 0 Å². The molecule has 1 N–H and O–H groups in total. The molecule has 22 heavy (non-hydrogen) atoms. The summed E-state index contributed by atoms with van der Waals surface area (Å²) >= 11 is 0. The first-order valence-corrected chi connectivity index (χ1v) is 9.49. The van der Waals surface area contributed by atoms with Crippen molar-refractivity contribution < 1.29 is 23.1 Å². The second kappa shape index (κ2) is 7.33. The van der Waals surface area contributed by atoms with E-state index < -0.39 is 19.3 Å². The van der Waals surface area contributed by atoms with Gasteiger partial charge in [-0.25, -0.2) is 4.79 Å². The number of carbonyl (C=O) groups is 1. The molecule has 0 radical (unpaired) electrons. The molecule has 130 valence electrons. The molecule has 1 amide bonds. The van der Waals surface area contributed by atoms with Crippen molar-refractivity contribution in [3.05, 3.63) is 0 Å². The van der Waals surface area contributed by atoms with Crippen molar-refractivity contribution in [3.63, 3.8) is 0 Å². The van der Waals surface area contributed by atoms with Crippen LogP contribution in [-0.4, -0.2) is 36.6 Å². The Morgan fingerprint density at radius 2 is 2.00 bits per heavy atom. The quantitative estimate of drug-likeness (QED) is 0.791. The van der Waals surface area contributed by atoms with Gasteiger partial charge in [0.05, 0.1) is 24.9 Å². The second-order valence-electron chi connectivity index (χ2n) is 7.07. The fraction of sp³-hybridized carbons (Fsp3) is 0.933. The van der Waals surface area contributed by atoms with E-state index in [1.807, 2.05) is 41.5 Å². The van der Waals surface area contributed by atoms with Crippen LogP contribution in [-0.2, 0) is 18.3 Å². The number of hydrogen-bond acceptors (Lipinski definition) is 5. The van der Waals surface area contributed by atoms with Crippen LogP contribution in [0, 0.1) is 11.8 Å². The van der Waals surface area contributed by atoms with Crippen molar-refractivity contribution in [1.82, 2.24) is 5.32 Å². The van der Waals surface area contributed by atoms with E-state index in [4.69, 9.17) is 13.8 Å². The van der Waals surface area contributed by atoms with E-state index in [1.54, 1.807) is 6.92 Å². The smallest absolute Gasteiger partial charge is 0.407 e. The Kier molecular flexibility index (Phi) is 6.48. The third-order valence-electron chi connectivity index (χ3n) is 3.74. The van der Waals surface area contributed by atoms with Crippen LogP contribution >= 0.6 is 7.60 Å². The number of amides is 1. The normalized spacial score (nSPS) is 32.8. The van der Waals surface area contributed by atoms with Crippen molar-refractivity contribution >= 4 is 13.7 Å². The maximum absolute atomic E-state index is 12.8. The first-order valence-electron chi connectivity index (χ1n) is 7.88. The molecule has 1 saturated heterocycles. The predicted octanol–water partition coefficient (Wildman–Crippen LogP) is 3.80. The van der Waals surface area contributed by atoms with Crippen molar-refractivity contribution in [1.29, 1.82) is 0 Å². The van der Waals surface area contributed by atoms with Crippen molar-refractivity contribution in [3.8, 4) is 0 Å². The zero-order valence-corrected chi connectivity index (χ0v) is 15.6. The van der Waals surface area contributed by atoms with Crippen LogP contribution in [0.5, 0.6) is 0 Å². The van der Waals surface area contributed by atoms with Crippen LogP contribution in [0.25, 0.3) is 0 Å². The summed E-state index contributed by atoms with van der Waals surface area (Å²) in [6, 6.07) is -0.243. The third-order valence-corrected chi connectivity index (χ3v) is 6.20. The molecular weight excluding hydrogens is 305 g/mol. The highest BCUT2D eigenvalue weighted by atomic mass is 31.2. The Morgan fingerprint density at radius 1 is 1.41 bits per heavy atom. The van der Waals surface area contributed by atoms with E-state index in [9.17, 15) is 9.36 Å². The summed E-state index contributed by atoms with van der Waals surface area (Å²) in [5.41, 5.74) is -0.833. The highest BCUT2D eigenvalue weighted by Gasteiger charge is 2.48. The van der Waals surface area contributed by atoms with E-state index in [2.05, 4.69) is 5.32 Å². The van der Waals surface area contributed by atoms with Gasteiger partial charge in [-0.3, -0.25) is 4.57 Å². The first kappa shape index (κ1) is 19.5. The lowest BCUT2D eigenvalue weighted by molar-refractivity contribution is 0.0393. The van der Waals surface area contributed by atoms with Gasteiger partial charge in [0.2, 0.25) is 0 Å². The molecule has 0 aromatic rings. The van der Waals surface area contributed by atoms with Crippen LogP contribution in [0.3, 0.4) is 0 Å². The summed E-state index contributed by atoms with van der Waals surface area (Å²) in [7, 11) is -3.13. The molecule has 1 unspecified atom stereocenters. The van der Waals surface area contributed by atoms with Crippen molar-refractivity contribution in [2.75, 3.05) is 13.2 Å². The van der Waals surface area contributed by atoms with Gasteiger partial charge in [0.25, 0.3) is 0 Å². The minimum atomic E-state index is -3.13. The van der Waals surface area contributed by atoms with Gasteiger partial charge in [0, 0.05) is 0 Å². The molecule has 7 heteroatoms. The van der Waals surface area contributed by atoms with E-state index in [1.165, 1.54) is 0 Å². The molecule has 1 aliphatic heterocycles. The summed E-state index contributed by atoms with van der Waals surface area (Å²) < 4.78 is 28.9. The Bertz CT molecular complexity index is 432. The molecule has 0 bridgehead atoms. The molecule has 1 rings (SSSR count). The second-order valence-corrected chi connectivity index (χ2v) is 9.48. The van der Waals surface area contributed by atoms with E-state index >= 15 is 0 Å². The molecule has 0 spiro atoms. The van der Waals surface area contributed by atoms with Gasteiger partial charge in [-0.1, -0.05) is 20.8 Å². The summed E-state index contributed by atoms with van der Waals surface area (Å²) in [4.78, 5) is 12.0. The van der Waals surface area contributed by atoms with Crippen LogP contribution in [0.2, 0.25) is 0 Å². The summed E-state index contributed by atoms with van der Waals surface area (Å²) in [5.74, 6) is 0.228. The number of nitrogens with one attached hydrogen (secondary N) is 1. The predicted molar refractivity (Wildman–Crippen MR) is 86.1 cm³/mol. The molecule has 0 aromatic carbocycles. The van der Waals surface area contributed by atoms with Gasteiger partial charge < -0.3 is 19.1 Å². The number of ether oxygens (including phenoxy) is 1. The SMILES string of the molecule is CCOP1(=O)OC[C@@H](NC(=O)OC(C)(C)C)[C@H](C(C)C)[C@@H]1C. The monoisotopic (exact) mass is 335 g/mol. The minimum absolute atomic E-state index is 0.00125. The van der Waals surface area contributed by atoms with E-state index in [-0.39, 0.29) is 30.1 Å². The van der Waals surface area contributed by atoms with Crippen LogP contribution in [0.4, 0.5) is 4.79 Å². The van der Waals surface area contributed by atoms with Gasteiger partial charge in [0.15, 0.2) is 0 Å². The zero-order valence-electron chi connectivity index (χ0n) is 14.7. The fourth-order valence-electron chi connectivity index (χ4n) is 2.91. The van der Waals surface area contributed by atoms with Crippen LogP contribution < -0.4 is 5.32 Å². The summed E-state index contributed by atoms with van der Waals surface area (Å²) in [6.45, 7) is 13.7. The van der Waals surface area contributed by atoms with Crippen molar-refractivity contribution in [2.24, 2.45) is 11.8 Å². The standard InChI is InChI=1S/C15H30NO5P/c1-8-19-22(18)11(4)13(10(2)3)12(9-20-22)16-14(17)21-15(5,6)7/h10-13H,8-9H2,1-7H3,(H,16,17)/t11-,12+,13+,22?/m0/s1. The van der Waals surface area contributed by atoms with Gasteiger partial charge in [-0.15, -0.1) is 0 Å². The Balaban J connectivity index is 2.84. The average molecular weight is 335 g/mol. The molecule has 0 aromatic heterocycles. The summed E-state index contributed by atoms with van der Waals surface area (Å²) in [6.07, 6.45) is -0.480. The minimum Gasteiger partial charge on any atom is -0.444 e. The molecule has 1 heterocycles. The van der Waals surface area contributed by atoms with Crippen LogP contribution in [0.15, 0.2) is 0 Å². The molecule has 0 saturated carbocycles. The summed E-state index contributed by atoms with van der Waals surface area (Å²) in [5, 5.41) is 2.85. The maximum Gasteiger partial charge on any atom is 0.407 e. The van der Waals surface area contributed by atoms with Gasteiger partial charge in [-0.05, 0) is 39.5 Å².